The van der Waals surface area contributed by atoms with Gasteiger partial charge in [0.15, 0.2) is 0 Å². The maximum Gasteiger partial charge on any atom is 0.227 e. The van der Waals surface area contributed by atoms with Crippen molar-refractivity contribution in [1.82, 2.24) is 10.6 Å². The number of hydrogen-bond acceptors (Lipinski definition) is 5. The minimum atomic E-state index is -3.13. The highest BCUT2D eigenvalue weighted by Gasteiger charge is 2.32. The SMILES string of the molecule is CS(=O)(=O)CCNC(=O)[C@@H]1CNCCO[C@H]1c1ccc(Cl)c(Cl)c1.Cl. The number of amides is 1. The van der Waals surface area contributed by atoms with Gasteiger partial charge in [0.1, 0.15) is 9.84 Å². The van der Waals surface area contributed by atoms with E-state index in [4.69, 9.17) is 27.9 Å². The molecule has 0 spiro atoms. The summed E-state index contributed by atoms with van der Waals surface area (Å²) < 4.78 is 28.2. The van der Waals surface area contributed by atoms with E-state index in [1.54, 1.807) is 18.2 Å². The second-order valence-electron chi connectivity index (χ2n) is 5.70. The normalized spacial score (nSPS) is 21.1. The van der Waals surface area contributed by atoms with Crippen LogP contribution in [0.25, 0.3) is 0 Å². The molecule has 1 aliphatic rings. The maximum atomic E-state index is 12.5. The third-order valence-electron chi connectivity index (χ3n) is 3.69. The van der Waals surface area contributed by atoms with E-state index in [2.05, 4.69) is 10.6 Å². The van der Waals surface area contributed by atoms with Crippen LogP contribution < -0.4 is 10.6 Å². The number of benzene rings is 1. The van der Waals surface area contributed by atoms with Gasteiger partial charge in [-0.1, -0.05) is 29.3 Å². The summed E-state index contributed by atoms with van der Waals surface area (Å²) in [6, 6.07) is 5.14. The van der Waals surface area contributed by atoms with E-state index < -0.39 is 21.9 Å². The highest BCUT2D eigenvalue weighted by molar-refractivity contribution is 7.90. The summed E-state index contributed by atoms with van der Waals surface area (Å²) in [6.45, 7) is 1.58. The molecule has 0 unspecified atom stereocenters. The Bertz CT molecular complexity index is 700. The fraction of sp³-hybridized carbons (Fsp3) is 0.533. The largest absolute Gasteiger partial charge is 0.371 e. The zero-order valence-corrected chi connectivity index (χ0v) is 16.8. The summed E-state index contributed by atoms with van der Waals surface area (Å²) in [4.78, 5) is 12.5. The van der Waals surface area contributed by atoms with Gasteiger partial charge < -0.3 is 15.4 Å². The van der Waals surface area contributed by atoms with Crippen molar-refractivity contribution in [2.24, 2.45) is 5.92 Å². The molecule has 1 aromatic carbocycles. The summed E-state index contributed by atoms with van der Waals surface area (Å²) >= 11 is 12.0. The third kappa shape index (κ3) is 6.92. The lowest BCUT2D eigenvalue weighted by atomic mass is 9.94. The molecule has 2 atom stereocenters. The van der Waals surface area contributed by atoms with Gasteiger partial charge in [-0.25, -0.2) is 8.42 Å². The molecular weight excluding hydrogens is 411 g/mol. The molecular formula is C15H21Cl3N2O4S. The fourth-order valence-corrected chi connectivity index (χ4v) is 3.26. The van der Waals surface area contributed by atoms with Crippen LogP contribution in [0.5, 0.6) is 0 Å². The van der Waals surface area contributed by atoms with Crippen molar-refractivity contribution in [2.75, 3.05) is 38.2 Å². The van der Waals surface area contributed by atoms with Gasteiger partial charge in [0.2, 0.25) is 5.91 Å². The summed E-state index contributed by atoms with van der Waals surface area (Å²) in [5.41, 5.74) is 0.761. The van der Waals surface area contributed by atoms with Crippen molar-refractivity contribution in [3.63, 3.8) is 0 Å². The van der Waals surface area contributed by atoms with Gasteiger partial charge in [-0.15, -0.1) is 12.4 Å². The number of halogens is 3. The van der Waals surface area contributed by atoms with Crippen LogP contribution in [0.2, 0.25) is 10.0 Å². The average molecular weight is 432 g/mol. The third-order valence-corrected chi connectivity index (χ3v) is 5.37. The molecule has 0 bridgehead atoms. The Kier molecular flexibility index (Phi) is 8.94. The fourth-order valence-electron chi connectivity index (χ4n) is 2.48. The van der Waals surface area contributed by atoms with Gasteiger partial charge in [0, 0.05) is 25.9 Å². The Morgan fingerprint density at radius 3 is 2.72 bits per heavy atom. The first-order chi connectivity index (χ1) is 11.3. The van der Waals surface area contributed by atoms with Crippen molar-refractivity contribution in [3.05, 3.63) is 33.8 Å². The lowest BCUT2D eigenvalue weighted by molar-refractivity contribution is -0.129. The minimum absolute atomic E-state index is 0. The molecule has 25 heavy (non-hydrogen) atoms. The highest BCUT2D eigenvalue weighted by atomic mass is 35.5. The molecule has 1 aliphatic heterocycles. The lowest BCUT2D eigenvalue weighted by Crippen LogP contribution is -2.40. The van der Waals surface area contributed by atoms with Gasteiger partial charge in [-0.3, -0.25) is 4.79 Å². The molecule has 0 aliphatic carbocycles. The molecule has 1 heterocycles. The number of ether oxygens (including phenoxy) is 1. The monoisotopic (exact) mass is 430 g/mol. The average Bonchev–Trinajstić information content (AvgIpc) is 2.74. The van der Waals surface area contributed by atoms with Crippen LogP contribution in [-0.4, -0.2) is 52.6 Å². The topological polar surface area (TPSA) is 84.5 Å². The van der Waals surface area contributed by atoms with Crippen LogP contribution in [0.3, 0.4) is 0 Å². The van der Waals surface area contributed by atoms with Crippen LogP contribution in [0.1, 0.15) is 11.7 Å². The maximum absolute atomic E-state index is 12.5. The van der Waals surface area contributed by atoms with Gasteiger partial charge >= 0.3 is 0 Å². The van der Waals surface area contributed by atoms with E-state index in [0.717, 1.165) is 11.8 Å². The van der Waals surface area contributed by atoms with Crippen molar-refractivity contribution in [2.45, 2.75) is 6.10 Å². The smallest absolute Gasteiger partial charge is 0.227 e. The molecule has 2 rings (SSSR count). The zero-order chi connectivity index (χ0) is 17.7. The van der Waals surface area contributed by atoms with E-state index in [0.29, 0.717) is 29.7 Å². The first-order valence-corrected chi connectivity index (χ1v) is 10.3. The van der Waals surface area contributed by atoms with Crippen molar-refractivity contribution in [3.8, 4) is 0 Å². The minimum Gasteiger partial charge on any atom is -0.371 e. The Labute approximate surface area is 163 Å². The Morgan fingerprint density at radius 1 is 1.36 bits per heavy atom. The second kappa shape index (κ2) is 9.94. The van der Waals surface area contributed by atoms with E-state index in [1.165, 1.54) is 0 Å². The Hall–Kier alpha value is -0.570. The summed E-state index contributed by atoms with van der Waals surface area (Å²) in [7, 11) is -3.13. The molecule has 142 valence electrons. The number of nitrogens with one attached hydrogen (secondary N) is 2. The first-order valence-electron chi connectivity index (χ1n) is 7.50. The molecule has 0 radical (unpaired) electrons. The van der Waals surface area contributed by atoms with Crippen LogP contribution in [-0.2, 0) is 19.4 Å². The van der Waals surface area contributed by atoms with Crippen LogP contribution in [0, 0.1) is 5.92 Å². The van der Waals surface area contributed by atoms with Crippen LogP contribution >= 0.6 is 35.6 Å². The van der Waals surface area contributed by atoms with Crippen molar-refractivity contribution in [1.29, 1.82) is 0 Å². The van der Waals surface area contributed by atoms with Crippen molar-refractivity contribution < 1.29 is 17.9 Å². The molecule has 1 amide bonds. The van der Waals surface area contributed by atoms with Gasteiger partial charge in [0.05, 0.1) is 34.4 Å². The van der Waals surface area contributed by atoms with Gasteiger partial charge in [-0.05, 0) is 17.7 Å². The van der Waals surface area contributed by atoms with E-state index in [9.17, 15) is 13.2 Å². The predicted octanol–water partition coefficient (Wildman–Crippen LogP) is 1.85. The molecule has 0 aromatic heterocycles. The van der Waals surface area contributed by atoms with Crippen LogP contribution in [0.15, 0.2) is 18.2 Å². The molecule has 2 N–H and O–H groups in total. The molecule has 10 heteroatoms. The van der Waals surface area contributed by atoms with E-state index in [1.807, 2.05) is 0 Å². The number of carbonyl (C=O) groups excluding carboxylic acids is 1. The number of sulfone groups is 1. The zero-order valence-electron chi connectivity index (χ0n) is 13.6. The summed E-state index contributed by atoms with van der Waals surface area (Å²) in [6.07, 6.45) is 0.654. The van der Waals surface area contributed by atoms with E-state index >= 15 is 0 Å². The molecule has 1 aromatic rings. The molecule has 6 nitrogen and oxygen atoms in total. The molecule has 1 fully saturated rings. The van der Waals surface area contributed by atoms with Crippen molar-refractivity contribution >= 4 is 51.4 Å². The quantitative estimate of drug-likeness (QED) is 0.743. The van der Waals surface area contributed by atoms with Crippen LogP contribution in [0.4, 0.5) is 0 Å². The lowest BCUT2D eigenvalue weighted by Gasteiger charge is -2.24. The second-order valence-corrected chi connectivity index (χ2v) is 8.77. The van der Waals surface area contributed by atoms with Gasteiger partial charge in [0.25, 0.3) is 0 Å². The summed E-state index contributed by atoms with van der Waals surface area (Å²) in [5, 5.41) is 6.64. The molecule has 0 saturated carbocycles. The number of carbonyl (C=O) groups is 1. The Balaban J connectivity index is 0.00000312. The number of rotatable bonds is 5. The Morgan fingerprint density at radius 2 is 2.08 bits per heavy atom. The number of hydrogen-bond donors (Lipinski definition) is 2. The van der Waals surface area contributed by atoms with Gasteiger partial charge in [-0.2, -0.15) is 0 Å². The molecule has 1 saturated heterocycles. The standard InChI is InChI=1S/C15H20Cl2N2O4S.ClH/c1-24(21,22)7-5-19-15(20)11-9-18-4-6-23-14(11)10-2-3-12(16)13(17)8-10;/h2-3,8,11,14,18H,4-7,9H2,1H3,(H,19,20);1H/t11-,14+;/m1./s1. The first kappa shape index (κ1) is 22.5. The summed E-state index contributed by atoms with van der Waals surface area (Å²) in [5.74, 6) is -0.856. The van der Waals surface area contributed by atoms with E-state index in [-0.39, 0.29) is 30.6 Å². The predicted molar refractivity (Wildman–Crippen MR) is 101 cm³/mol. The highest BCUT2D eigenvalue weighted by Crippen LogP contribution is 2.32.